The van der Waals surface area contributed by atoms with E-state index in [1.165, 1.54) is 0 Å². The van der Waals surface area contributed by atoms with Crippen LogP contribution in [0.5, 0.6) is 0 Å². The first-order valence-corrected chi connectivity index (χ1v) is 7.03. The summed E-state index contributed by atoms with van der Waals surface area (Å²) in [7, 11) is 0. The fraction of sp³-hybridized carbons (Fsp3) is 0.0667. The second-order valence-electron chi connectivity index (χ2n) is 4.31. The zero-order valence-corrected chi connectivity index (χ0v) is 12.7. The van der Waals surface area contributed by atoms with Crippen molar-refractivity contribution in [2.45, 2.75) is 0 Å². The summed E-state index contributed by atoms with van der Waals surface area (Å²) in [6.45, 7) is -0.00674. The lowest BCUT2D eigenvalue weighted by Crippen LogP contribution is -2.35. The number of hydrogen-bond acceptors (Lipinski definition) is 4. The Morgan fingerprint density at radius 2 is 1.81 bits per heavy atom. The highest BCUT2D eigenvalue weighted by Gasteiger charge is 2.14. The van der Waals surface area contributed by atoms with E-state index in [-0.39, 0.29) is 18.2 Å². The molecule has 0 saturated carbocycles. The monoisotopic (exact) mass is 347 g/mol. The van der Waals surface area contributed by atoms with Crippen molar-refractivity contribution in [3.63, 3.8) is 0 Å². The van der Waals surface area contributed by atoms with E-state index in [1.807, 2.05) is 11.5 Å². The molecule has 1 amide bonds. The SMILES string of the molecule is NNC(=O)CNc1ccc(Br)cc1C(=O)c1ccccc1. The summed E-state index contributed by atoms with van der Waals surface area (Å²) in [4.78, 5) is 23.8. The van der Waals surface area contributed by atoms with Crippen LogP contribution in [0.3, 0.4) is 0 Å². The molecule has 0 aliphatic rings. The molecular formula is C15H14BrN3O2. The van der Waals surface area contributed by atoms with E-state index >= 15 is 0 Å². The van der Waals surface area contributed by atoms with Gasteiger partial charge in [0.1, 0.15) is 0 Å². The van der Waals surface area contributed by atoms with Crippen LogP contribution < -0.4 is 16.6 Å². The second kappa shape index (κ2) is 7.01. The molecule has 0 heterocycles. The number of carbonyl (C=O) groups excluding carboxylic acids is 2. The number of hydrazine groups is 1. The molecule has 21 heavy (non-hydrogen) atoms. The van der Waals surface area contributed by atoms with Crippen molar-refractivity contribution >= 4 is 33.3 Å². The number of amides is 1. The van der Waals surface area contributed by atoms with Gasteiger partial charge in [-0.2, -0.15) is 0 Å². The van der Waals surface area contributed by atoms with Gasteiger partial charge >= 0.3 is 0 Å². The van der Waals surface area contributed by atoms with E-state index < -0.39 is 0 Å². The van der Waals surface area contributed by atoms with E-state index in [4.69, 9.17) is 5.84 Å². The predicted molar refractivity (Wildman–Crippen MR) is 84.8 cm³/mol. The molecule has 2 rings (SSSR count). The van der Waals surface area contributed by atoms with Crippen LogP contribution in [0.1, 0.15) is 15.9 Å². The van der Waals surface area contributed by atoms with Crippen LogP contribution in [0.15, 0.2) is 53.0 Å². The number of hydrogen-bond donors (Lipinski definition) is 3. The average Bonchev–Trinajstić information content (AvgIpc) is 2.53. The van der Waals surface area contributed by atoms with E-state index in [1.54, 1.807) is 42.5 Å². The summed E-state index contributed by atoms with van der Waals surface area (Å²) in [5.41, 5.74) is 3.68. The lowest BCUT2D eigenvalue weighted by Gasteiger charge is -2.11. The molecular weight excluding hydrogens is 334 g/mol. The van der Waals surface area contributed by atoms with E-state index in [2.05, 4.69) is 21.2 Å². The van der Waals surface area contributed by atoms with Crippen molar-refractivity contribution in [2.75, 3.05) is 11.9 Å². The highest BCUT2D eigenvalue weighted by molar-refractivity contribution is 9.10. The third-order valence-corrected chi connectivity index (χ3v) is 3.36. The number of anilines is 1. The summed E-state index contributed by atoms with van der Waals surface area (Å²) in [5.74, 6) is 4.55. The van der Waals surface area contributed by atoms with Gasteiger partial charge in [-0.15, -0.1) is 0 Å². The summed E-state index contributed by atoms with van der Waals surface area (Å²) in [5, 5.41) is 2.91. The van der Waals surface area contributed by atoms with Gasteiger partial charge in [-0.25, -0.2) is 5.84 Å². The van der Waals surface area contributed by atoms with Crippen molar-refractivity contribution < 1.29 is 9.59 Å². The molecule has 0 atom stereocenters. The maximum absolute atomic E-state index is 12.5. The van der Waals surface area contributed by atoms with Crippen molar-refractivity contribution in [2.24, 2.45) is 5.84 Å². The van der Waals surface area contributed by atoms with Crippen LogP contribution in [-0.4, -0.2) is 18.2 Å². The number of nitrogens with two attached hydrogens (primary N) is 1. The molecule has 2 aromatic carbocycles. The maximum atomic E-state index is 12.5. The molecule has 0 radical (unpaired) electrons. The Labute approximate surface area is 130 Å². The molecule has 0 saturated heterocycles. The number of benzene rings is 2. The van der Waals surface area contributed by atoms with Crippen LogP contribution in [-0.2, 0) is 4.79 Å². The molecule has 0 aliphatic heterocycles. The molecule has 4 N–H and O–H groups in total. The molecule has 2 aromatic rings. The topological polar surface area (TPSA) is 84.2 Å². The van der Waals surface area contributed by atoms with Gasteiger partial charge in [0.25, 0.3) is 5.91 Å². The molecule has 0 spiro atoms. The minimum atomic E-state index is -0.365. The third kappa shape index (κ3) is 3.90. The van der Waals surface area contributed by atoms with Crippen molar-refractivity contribution in [3.05, 3.63) is 64.1 Å². The Kier molecular flexibility index (Phi) is 5.08. The molecule has 5 nitrogen and oxygen atoms in total. The van der Waals surface area contributed by atoms with Gasteiger partial charge < -0.3 is 5.32 Å². The molecule has 6 heteroatoms. The number of ketones is 1. The zero-order chi connectivity index (χ0) is 15.2. The number of rotatable bonds is 5. The largest absolute Gasteiger partial charge is 0.376 e. The highest BCUT2D eigenvalue weighted by Crippen LogP contribution is 2.23. The Balaban J connectivity index is 2.31. The highest BCUT2D eigenvalue weighted by atomic mass is 79.9. The first-order chi connectivity index (χ1) is 10.1. The van der Waals surface area contributed by atoms with Crippen molar-refractivity contribution in [1.29, 1.82) is 0 Å². The van der Waals surface area contributed by atoms with E-state index in [0.717, 1.165) is 4.47 Å². The van der Waals surface area contributed by atoms with Crippen LogP contribution in [0.2, 0.25) is 0 Å². The summed E-state index contributed by atoms with van der Waals surface area (Å²) in [6.07, 6.45) is 0. The Bertz CT molecular complexity index is 659. The lowest BCUT2D eigenvalue weighted by atomic mass is 10.0. The van der Waals surface area contributed by atoms with Gasteiger partial charge in [-0.3, -0.25) is 15.0 Å². The third-order valence-electron chi connectivity index (χ3n) is 2.86. The van der Waals surface area contributed by atoms with Gasteiger partial charge in [0.05, 0.1) is 6.54 Å². The van der Waals surface area contributed by atoms with Gasteiger partial charge in [0.15, 0.2) is 5.78 Å². The van der Waals surface area contributed by atoms with Crippen molar-refractivity contribution in [3.8, 4) is 0 Å². The normalized spacial score (nSPS) is 10.0. The summed E-state index contributed by atoms with van der Waals surface area (Å²) in [6, 6.07) is 14.2. The molecule has 0 fully saturated rings. The van der Waals surface area contributed by atoms with E-state index in [0.29, 0.717) is 16.8 Å². The molecule has 108 valence electrons. The minimum absolute atomic E-state index is 0.00674. The fourth-order valence-corrected chi connectivity index (χ4v) is 2.19. The van der Waals surface area contributed by atoms with Crippen LogP contribution in [0.4, 0.5) is 5.69 Å². The average molecular weight is 348 g/mol. The summed E-state index contributed by atoms with van der Waals surface area (Å²) >= 11 is 3.35. The minimum Gasteiger partial charge on any atom is -0.376 e. The van der Waals surface area contributed by atoms with Crippen LogP contribution in [0, 0.1) is 0 Å². The summed E-state index contributed by atoms with van der Waals surface area (Å²) < 4.78 is 0.788. The maximum Gasteiger partial charge on any atom is 0.253 e. The van der Waals surface area contributed by atoms with Crippen molar-refractivity contribution in [1.82, 2.24) is 5.43 Å². The zero-order valence-electron chi connectivity index (χ0n) is 11.1. The first kappa shape index (κ1) is 15.2. The van der Waals surface area contributed by atoms with Crippen LogP contribution >= 0.6 is 15.9 Å². The second-order valence-corrected chi connectivity index (χ2v) is 5.22. The van der Waals surface area contributed by atoms with Crippen LogP contribution in [0.25, 0.3) is 0 Å². The van der Waals surface area contributed by atoms with Gasteiger partial charge in [0, 0.05) is 21.3 Å². The fourth-order valence-electron chi connectivity index (χ4n) is 1.83. The number of carbonyl (C=O) groups is 2. The molecule has 0 aromatic heterocycles. The predicted octanol–water partition coefficient (Wildman–Crippen LogP) is 2.08. The quantitative estimate of drug-likeness (QED) is 0.334. The van der Waals surface area contributed by atoms with Gasteiger partial charge in [0.2, 0.25) is 0 Å². The standard InChI is InChI=1S/C15H14BrN3O2/c16-11-6-7-13(18-9-14(20)19-17)12(8-11)15(21)10-4-2-1-3-5-10/h1-8,18H,9,17H2,(H,19,20). The number of nitrogens with one attached hydrogen (secondary N) is 2. The van der Waals surface area contributed by atoms with Gasteiger partial charge in [-0.05, 0) is 18.2 Å². The lowest BCUT2D eigenvalue weighted by molar-refractivity contribution is -0.119. The van der Waals surface area contributed by atoms with Gasteiger partial charge in [-0.1, -0.05) is 46.3 Å². The Morgan fingerprint density at radius 3 is 2.48 bits per heavy atom. The molecule has 0 bridgehead atoms. The Hall–Kier alpha value is -2.18. The smallest absolute Gasteiger partial charge is 0.253 e. The van der Waals surface area contributed by atoms with E-state index in [9.17, 15) is 9.59 Å². The number of halogens is 1. The molecule has 0 unspecified atom stereocenters. The Morgan fingerprint density at radius 1 is 1.10 bits per heavy atom. The first-order valence-electron chi connectivity index (χ1n) is 6.24. The molecule has 0 aliphatic carbocycles.